The van der Waals surface area contributed by atoms with Crippen LogP contribution in [0.1, 0.15) is 40.0 Å². The van der Waals surface area contributed by atoms with Crippen LogP contribution in [0.25, 0.3) is 0 Å². The Labute approximate surface area is 125 Å². The number of methoxy groups -OCH3 is 1. The Morgan fingerprint density at radius 1 is 1.38 bits per heavy atom. The van der Waals surface area contributed by atoms with Gasteiger partial charge in [0.15, 0.2) is 0 Å². The van der Waals surface area contributed by atoms with Crippen molar-refractivity contribution in [3.8, 4) is 0 Å². The van der Waals surface area contributed by atoms with Crippen LogP contribution in [-0.2, 0) is 23.6 Å². The predicted octanol–water partition coefficient (Wildman–Crippen LogP) is 1.73. The Balaban J connectivity index is 2.82. The fourth-order valence-corrected chi connectivity index (χ4v) is 4.51. The van der Waals surface area contributed by atoms with Crippen molar-refractivity contribution in [2.75, 3.05) is 20.0 Å². The number of ether oxygens (including phenoxy) is 2. The van der Waals surface area contributed by atoms with E-state index < -0.39 is 19.5 Å². The number of hydrogen-bond donors (Lipinski definition) is 1. The number of nitrogens with zero attached hydrogens (tertiary/aromatic N) is 1. The molecule has 1 N–H and O–H groups in total. The van der Waals surface area contributed by atoms with Gasteiger partial charge >= 0.3 is 5.97 Å². The standard InChI is InChI=1S/C13H25N2O5P/c1-10(2)20-13(17)11(3)14-21(18,9-19-4)15-8-6-5-7-12(15)16/h10-11H,5-9H2,1-4H3,(H,14,18)/t11-,21?/m0/s1. The molecule has 1 saturated heterocycles. The molecule has 1 amide bonds. The molecule has 0 bridgehead atoms. The topological polar surface area (TPSA) is 84.9 Å². The van der Waals surface area contributed by atoms with Gasteiger partial charge in [-0.25, -0.2) is 5.09 Å². The zero-order valence-electron chi connectivity index (χ0n) is 13.1. The third-order valence-corrected chi connectivity index (χ3v) is 5.70. The van der Waals surface area contributed by atoms with Crippen molar-refractivity contribution < 1.29 is 23.6 Å². The van der Waals surface area contributed by atoms with Gasteiger partial charge in [-0.05, 0) is 33.6 Å². The summed E-state index contributed by atoms with van der Waals surface area (Å²) in [7, 11) is -1.88. The average molecular weight is 320 g/mol. The third-order valence-electron chi connectivity index (χ3n) is 3.09. The van der Waals surface area contributed by atoms with Crippen molar-refractivity contribution in [1.82, 2.24) is 9.76 Å². The summed E-state index contributed by atoms with van der Waals surface area (Å²) < 4.78 is 24.5. The van der Waals surface area contributed by atoms with Gasteiger partial charge < -0.3 is 9.47 Å². The molecule has 1 unspecified atom stereocenters. The van der Waals surface area contributed by atoms with Crippen LogP contribution in [-0.4, -0.2) is 48.7 Å². The van der Waals surface area contributed by atoms with Crippen molar-refractivity contribution >= 4 is 19.3 Å². The molecule has 1 rings (SSSR count). The van der Waals surface area contributed by atoms with Crippen molar-refractivity contribution in [3.63, 3.8) is 0 Å². The van der Waals surface area contributed by atoms with Gasteiger partial charge in [-0.2, -0.15) is 0 Å². The van der Waals surface area contributed by atoms with Gasteiger partial charge in [0, 0.05) is 20.1 Å². The van der Waals surface area contributed by atoms with Crippen LogP contribution in [0.15, 0.2) is 0 Å². The minimum absolute atomic E-state index is 0.127. The molecule has 0 radical (unpaired) electrons. The number of nitrogens with one attached hydrogen (secondary N) is 1. The van der Waals surface area contributed by atoms with E-state index in [1.807, 2.05) is 0 Å². The quantitative estimate of drug-likeness (QED) is 0.568. The number of rotatable bonds is 7. The van der Waals surface area contributed by atoms with Crippen molar-refractivity contribution in [1.29, 1.82) is 0 Å². The first-order valence-electron chi connectivity index (χ1n) is 7.17. The molecule has 0 aliphatic carbocycles. The highest BCUT2D eigenvalue weighted by atomic mass is 31.2. The summed E-state index contributed by atoms with van der Waals surface area (Å²) in [5, 5.41) is 2.76. The van der Waals surface area contributed by atoms with E-state index >= 15 is 0 Å². The van der Waals surface area contributed by atoms with Gasteiger partial charge in [0.1, 0.15) is 12.4 Å². The Morgan fingerprint density at radius 3 is 2.57 bits per heavy atom. The van der Waals surface area contributed by atoms with Crippen LogP contribution in [0.2, 0.25) is 0 Å². The molecule has 1 heterocycles. The summed E-state index contributed by atoms with van der Waals surface area (Å²) in [6.07, 6.45) is 1.59. The van der Waals surface area contributed by atoms with Crippen molar-refractivity contribution in [2.45, 2.75) is 52.2 Å². The lowest BCUT2D eigenvalue weighted by molar-refractivity contribution is -0.149. The summed E-state index contributed by atoms with van der Waals surface area (Å²) in [4.78, 5) is 23.8. The normalized spacial score (nSPS) is 20.2. The molecule has 1 fully saturated rings. The molecule has 21 heavy (non-hydrogen) atoms. The molecule has 0 saturated carbocycles. The summed E-state index contributed by atoms with van der Waals surface area (Å²) in [5.41, 5.74) is 0. The second-order valence-electron chi connectivity index (χ2n) is 5.43. The lowest BCUT2D eigenvalue weighted by Gasteiger charge is -2.35. The maximum atomic E-state index is 13.0. The van der Waals surface area contributed by atoms with E-state index in [1.165, 1.54) is 11.8 Å². The van der Waals surface area contributed by atoms with Gasteiger partial charge in [0.2, 0.25) is 5.91 Å². The number of piperidine rings is 1. The first-order chi connectivity index (χ1) is 9.80. The van der Waals surface area contributed by atoms with Crippen LogP contribution < -0.4 is 5.09 Å². The number of hydrogen-bond acceptors (Lipinski definition) is 5. The van der Waals surface area contributed by atoms with Gasteiger partial charge in [-0.1, -0.05) is 0 Å². The zero-order valence-corrected chi connectivity index (χ0v) is 14.0. The minimum Gasteiger partial charge on any atom is -0.462 e. The van der Waals surface area contributed by atoms with E-state index in [9.17, 15) is 14.2 Å². The molecule has 0 aromatic carbocycles. The summed E-state index contributed by atoms with van der Waals surface area (Å²) in [6, 6.07) is -0.775. The van der Waals surface area contributed by atoms with Gasteiger partial charge in [0.25, 0.3) is 7.44 Å². The highest BCUT2D eigenvalue weighted by Gasteiger charge is 2.38. The highest BCUT2D eigenvalue weighted by Crippen LogP contribution is 2.47. The highest BCUT2D eigenvalue weighted by molar-refractivity contribution is 7.60. The molecule has 7 nitrogen and oxygen atoms in total. The monoisotopic (exact) mass is 320 g/mol. The molecule has 0 spiro atoms. The van der Waals surface area contributed by atoms with Gasteiger partial charge in [-0.15, -0.1) is 0 Å². The Morgan fingerprint density at radius 2 is 2.05 bits per heavy atom. The Bertz CT molecular complexity index is 427. The van der Waals surface area contributed by atoms with Crippen LogP contribution in [0.5, 0.6) is 0 Å². The summed E-state index contributed by atoms with van der Waals surface area (Å²) in [5.74, 6) is -0.663. The fourth-order valence-electron chi connectivity index (χ4n) is 2.17. The maximum absolute atomic E-state index is 13.0. The predicted molar refractivity (Wildman–Crippen MR) is 78.9 cm³/mol. The second-order valence-corrected chi connectivity index (χ2v) is 7.83. The number of esters is 1. The fraction of sp³-hybridized carbons (Fsp3) is 0.846. The van der Waals surface area contributed by atoms with E-state index in [0.717, 1.165) is 12.8 Å². The SMILES string of the molecule is COCP(=O)(N[C@@H](C)C(=O)OC(C)C)N1CCCCC1=O. The van der Waals surface area contributed by atoms with Crippen LogP contribution in [0.4, 0.5) is 0 Å². The molecule has 8 heteroatoms. The van der Waals surface area contributed by atoms with E-state index in [0.29, 0.717) is 13.0 Å². The summed E-state index contributed by atoms with van der Waals surface area (Å²) >= 11 is 0. The molecule has 2 atom stereocenters. The van der Waals surface area contributed by atoms with E-state index in [2.05, 4.69) is 5.09 Å². The van der Waals surface area contributed by atoms with E-state index in [1.54, 1.807) is 20.8 Å². The first kappa shape index (κ1) is 18.1. The Hall–Kier alpha value is -0.910. The van der Waals surface area contributed by atoms with E-state index in [4.69, 9.17) is 9.47 Å². The lowest BCUT2D eigenvalue weighted by atomic mass is 10.2. The Kier molecular flexibility index (Phi) is 6.84. The van der Waals surface area contributed by atoms with Gasteiger partial charge in [0.05, 0.1) is 6.10 Å². The number of carbonyl (C=O) groups excluding carboxylic acids is 2. The average Bonchev–Trinajstić information content (AvgIpc) is 2.38. The molecule has 1 aliphatic rings. The first-order valence-corrected chi connectivity index (χ1v) is 9.02. The zero-order chi connectivity index (χ0) is 16.0. The number of amides is 1. The smallest absolute Gasteiger partial charge is 0.323 e. The summed E-state index contributed by atoms with van der Waals surface area (Å²) in [6.45, 7) is 5.47. The number of carbonyl (C=O) groups is 2. The third kappa shape index (κ3) is 5.09. The van der Waals surface area contributed by atoms with Crippen molar-refractivity contribution in [3.05, 3.63) is 0 Å². The second kappa shape index (κ2) is 7.92. The molecular formula is C13H25N2O5P. The van der Waals surface area contributed by atoms with Gasteiger partial charge in [-0.3, -0.25) is 18.8 Å². The molecule has 0 aromatic rings. The van der Waals surface area contributed by atoms with E-state index in [-0.39, 0.29) is 18.4 Å². The molecule has 122 valence electrons. The minimum atomic E-state index is -3.29. The molecule has 1 aliphatic heterocycles. The van der Waals surface area contributed by atoms with Crippen LogP contribution in [0.3, 0.4) is 0 Å². The van der Waals surface area contributed by atoms with Crippen molar-refractivity contribution in [2.24, 2.45) is 0 Å². The van der Waals surface area contributed by atoms with Crippen LogP contribution in [0, 0.1) is 0 Å². The molecule has 0 aromatic heterocycles. The largest absolute Gasteiger partial charge is 0.462 e. The lowest BCUT2D eigenvalue weighted by Crippen LogP contribution is -2.43. The molecular weight excluding hydrogens is 295 g/mol. The van der Waals surface area contributed by atoms with Crippen LogP contribution >= 0.6 is 7.44 Å². The maximum Gasteiger partial charge on any atom is 0.323 e.